The van der Waals surface area contributed by atoms with E-state index in [1.54, 1.807) is 0 Å². The average Bonchev–Trinajstić information content (AvgIpc) is 2.54. The number of nitrogens with zero attached hydrogens (tertiary/aromatic N) is 1. The van der Waals surface area contributed by atoms with Crippen LogP contribution in [-0.2, 0) is 0 Å². The Morgan fingerprint density at radius 2 is 1.86 bits per heavy atom. The summed E-state index contributed by atoms with van der Waals surface area (Å²) in [7, 11) is 0. The van der Waals surface area contributed by atoms with Crippen LogP contribution >= 0.6 is 12.4 Å². The molecule has 0 amide bonds. The maximum absolute atomic E-state index is 5.62. The Hall–Kier alpha value is -2.30. The van der Waals surface area contributed by atoms with Gasteiger partial charge in [-0.05, 0) is 36.8 Å². The molecular weight excluding hydrogens is 298 g/mol. The van der Waals surface area contributed by atoms with Crippen LogP contribution in [0.15, 0.2) is 54.6 Å². The van der Waals surface area contributed by atoms with E-state index in [4.69, 9.17) is 10.6 Å². The molecule has 4 nitrogen and oxygen atoms in total. The van der Waals surface area contributed by atoms with Crippen molar-refractivity contribution in [1.29, 1.82) is 0 Å². The molecule has 0 unspecified atom stereocenters. The SMILES string of the molecule is CCOc1ccc2nc(NN)c(-c3ccccc3)cc2c1.Cl. The van der Waals surface area contributed by atoms with Crippen LogP contribution in [0, 0.1) is 0 Å². The highest BCUT2D eigenvalue weighted by atomic mass is 35.5. The number of nitrogen functional groups attached to an aromatic ring is 1. The molecule has 2 aromatic carbocycles. The number of fused-ring (bicyclic) bond motifs is 1. The van der Waals surface area contributed by atoms with Crippen LogP contribution in [0.2, 0.25) is 0 Å². The zero-order chi connectivity index (χ0) is 14.7. The third-order valence-electron chi connectivity index (χ3n) is 3.32. The lowest BCUT2D eigenvalue weighted by molar-refractivity contribution is 0.340. The predicted molar refractivity (Wildman–Crippen MR) is 93.4 cm³/mol. The van der Waals surface area contributed by atoms with E-state index >= 15 is 0 Å². The minimum absolute atomic E-state index is 0. The Bertz CT molecular complexity index is 762. The molecule has 0 aliphatic heterocycles. The highest BCUT2D eigenvalue weighted by molar-refractivity contribution is 5.90. The minimum atomic E-state index is 0. The number of hydrogen-bond acceptors (Lipinski definition) is 4. The fourth-order valence-electron chi connectivity index (χ4n) is 2.36. The van der Waals surface area contributed by atoms with Crippen molar-refractivity contribution in [2.24, 2.45) is 5.84 Å². The van der Waals surface area contributed by atoms with E-state index in [0.717, 1.165) is 27.8 Å². The number of nitrogens with one attached hydrogen (secondary N) is 1. The Morgan fingerprint density at radius 3 is 2.55 bits per heavy atom. The summed E-state index contributed by atoms with van der Waals surface area (Å²) in [6.07, 6.45) is 0. The second kappa shape index (κ2) is 7.11. The Labute approximate surface area is 135 Å². The number of rotatable bonds is 4. The van der Waals surface area contributed by atoms with Gasteiger partial charge in [-0.25, -0.2) is 10.8 Å². The molecule has 0 radical (unpaired) electrons. The van der Waals surface area contributed by atoms with Crippen molar-refractivity contribution >= 4 is 29.1 Å². The fraction of sp³-hybridized carbons (Fsp3) is 0.118. The smallest absolute Gasteiger partial charge is 0.148 e. The molecule has 22 heavy (non-hydrogen) atoms. The van der Waals surface area contributed by atoms with Gasteiger partial charge in [-0.1, -0.05) is 30.3 Å². The molecule has 0 saturated carbocycles. The number of aromatic nitrogens is 1. The van der Waals surface area contributed by atoms with E-state index in [1.165, 1.54) is 0 Å². The van der Waals surface area contributed by atoms with Crippen molar-refractivity contribution in [3.8, 4) is 16.9 Å². The highest BCUT2D eigenvalue weighted by Crippen LogP contribution is 2.31. The summed E-state index contributed by atoms with van der Waals surface area (Å²) >= 11 is 0. The quantitative estimate of drug-likeness (QED) is 0.564. The molecule has 0 spiro atoms. The molecule has 0 bridgehead atoms. The van der Waals surface area contributed by atoms with Crippen LogP contribution in [0.4, 0.5) is 5.82 Å². The molecule has 3 aromatic rings. The van der Waals surface area contributed by atoms with Gasteiger partial charge in [0.2, 0.25) is 0 Å². The van der Waals surface area contributed by atoms with Gasteiger partial charge in [0.05, 0.1) is 12.1 Å². The Balaban J connectivity index is 0.00000176. The van der Waals surface area contributed by atoms with Gasteiger partial charge in [-0.3, -0.25) is 0 Å². The summed E-state index contributed by atoms with van der Waals surface area (Å²) in [5, 5.41) is 1.03. The molecular formula is C17H18ClN3O. The molecule has 0 fully saturated rings. The molecule has 0 atom stereocenters. The lowest BCUT2D eigenvalue weighted by Gasteiger charge is -2.11. The van der Waals surface area contributed by atoms with E-state index in [2.05, 4.69) is 16.5 Å². The van der Waals surface area contributed by atoms with Crippen molar-refractivity contribution in [2.75, 3.05) is 12.0 Å². The zero-order valence-corrected chi connectivity index (χ0v) is 13.1. The Morgan fingerprint density at radius 1 is 1.09 bits per heavy atom. The van der Waals surface area contributed by atoms with Crippen LogP contribution < -0.4 is 16.0 Å². The predicted octanol–water partition coefficient (Wildman–Crippen LogP) is 4.01. The molecule has 3 rings (SSSR count). The summed E-state index contributed by atoms with van der Waals surface area (Å²) < 4.78 is 5.55. The first-order valence-corrected chi connectivity index (χ1v) is 6.91. The maximum atomic E-state index is 5.62. The van der Waals surface area contributed by atoms with Gasteiger partial charge in [-0.15, -0.1) is 12.4 Å². The lowest BCUT2D eigenvalue weighted by Crippen LogP contribution is -2.10. The number of ether oxygens (including phenoxy) is 1. The van der Waals surface area contributed by atoms with Gasteiger partial charge in [0, 0.05) is 10.9 Å². The maximum Gasteiger partial charge on any atom is 0.148 e. The van der Waals surface area contributed by atoms with Gasteiger partial charge >= 0.3 is 0 Å². The normalized spacial score (nSPS) is 10.1. The number of benzene rings is 2. The summed E-state index contributed by atoms with van der Waals surface area (Å²) in [6, 6.07) is 18.0. The molecule has 0 saturated heterocycles. The lowest BCUT2D eigenvalue weighted by atomic mass is 10.0. The second-order valence-electron chi connectivity index (χ2n) is 4.68. The van der Waals surface area contributed by atoms with Gasteiger partial charge in [0.25, 0.3) is 0 Å². The largest absolute Gasteiger partial charge is 0.494 e. The van der Waals surface area contributed by atoms with Crippen LogP contribution in [0.3, 0.4) is 0 Å². The molecule has 1 heterocycles. The van der Waals surface area contributed by atoms with Crippen LogP contribution in [0.25, 0.3) is 22.0 Å². The second-order valence-corrected chi connectivity index (χ2v) is 4.68. The molecule has 3 N–H and O–H groups in total. The molecule has 114 valence electrons. The fourth-order valence-corrected chi connectivity index (χ4v) is 2.36. The standard InChI is InChI=1S/C17H17N3O.ClH/c1-2-21-14-8-9-16-13(10-14)11-15(17(19-16)20-18)12-6-4-3-5-7-12;/h3-11H,2,18H2,1H3,(H,19,20);1H. The van der Waals surface area contributed by atoms with Gasteiger partial charge in [0.1, 0.15) is 11.6 Å². The molecule has 1 aromatic heterocycles. The first kappa shape index (κ1) is 16.1. The van der Waals surface area contributed by atoms with E-state index in [0.29, 0.717) is 12.4 Å². The van der Waals surface area contributed by atoms with Gasteiger partial charge in [-0.2, -0.15) is 0 Å². The third-order valence-corrected chi connectivity index (χ3v) is 3.32. The van der Waals surface area contributed by atoms with Crippen molar-refractivity contribution in [3.63, 3.8) is 0 Å². The number of halogens is 1. The highest BCUT2D eigenvalue weighted by Gasteiger charge is 2.08. The summed E-state index contributed by atoms with van der Waals surface area (Å²) in [6.45, 7) is 2.62. The van der Waals surface area contributed by atoms with Crippen molar-refractivity contribution in [3.05, 3.63) is 54.6 Å². The van der Waals surface area contributed by atoms with Gasteiger partial charge < -0.3 is 10.2 Å². The summed E-state index contributed by atoms with van der Waals surface area (Å²) in [4.78, 5) is 4.58. The van der Waals surface area contributed by atoms with E-state index in [-0.39, 0.29) is 12.4 Å². The first-order chi connectivity index (χ1) is 10.3. The number of nitrogens with two attached hydrogens (primary N) is 1. The van der Waals surface area contributed by atoms with E-state index in [1.807, 2.05) is 55.5 Å². The monoisotopic (exact) mass is 315 g/mol. The average molecular weight is 316 g/mol. The van der Waals surface area contributed by atoms with Crippen molar-refractivity contribution in [2.45, 2.75) is 6.92 Å². The van der Waals surface area contributed by atoms with Gasteiger partial charge in [0.15, 0.2) is 0 Å². The third kappa shape index (κ3) is 3.13. The number of anilines is 1. The van der Waals surface area contributed by atoms with E-state index < -0.39 is 0 Å². The molecule has 0 aliphatic rings. The molecule has 0 aliphatic carbocycles. The van der Waals surface area contributed by atoms with Crippen molar-refractivity contribution < 1.29 is 4.74 Å². The van der Waals surface area contributed by atoms with Crippen LogP contribution in [0.1, 0.15) is 6.92 Å². The Kier molecular flexibility index (Phi) is 5.20. The topological polar surface area (TPSA) is 60.2 Å². The molecule has 5 heteroatoms. The minimum Gasteiger partial charge on any atom is -0.494 e. The van der Waals surface area contributed by atoms with Crippen LogP contribution in [0.5, 0.6) is 5.75 Å². The number of hydrazine groups is 1. The first-order valence-electron chi connectivity index (χ1n) is 6.91. The van der Waals surface area contributed by atoms with E-state index in [9.17, 15) is 0 Å². The summed E-state index contributed by atoms with van der Waals surface area (Å²) in [5.74, 6) is 7.13. The number of hydrogen-bond donors (Lipinski definition) is 2. The zero-order valence-electron chi connectivity index (χ0n) is 12.2. The number of pyridine rings is 1. The van der Waals surface area contributed by atoms with Crippen molar-refractivity contribution in [1.82, 2.24) is 4.98 Å². The van der Waals surface area contributed by atoms with Crippen LogP contribution in [-0.4, -0.2) is 11.6 Å². The summed E-state index contributed by atoms with van der Waals surface area (Å²) in [5.41, 5.74) is 5.61.